The fourth-order valence-electron chi connectivity index (χ4n) is 2.10. The normalized spacial score (nSPS) is 10.4. The van der Waals surface area contributed by atoms with Gasteiger partial charge in [-0.2, -0.15) is 0 Å². The van der Waals surface area contributed by atoms with Gasteiger partial charge >= 0.3 is 0 Å². The Morgan fingerprint density at radius 2 is 1.91 bits per heavy atom. The van der Waals surface area contributed by atoms with E-state index in [2.05, 4.69) is 9.97 Å². The van der Waals surface area contributed by atoms with E-state index in [4.69, 9.17) is 21.1 Å². The average Bonchev–Trinajstić information content (AvgIpc) is 2.57. The lowest BCUT2D eigenvalue weighted by molar-refractivity contribution is 0.412. The van der Waals surface area contributed by atoms with Crippen LogP contribution in [0.4, 0.5) is 4.39 Å². The number of methoxy groups -OCH3 is 1. The van der Waals surface area contributed by atoms with Crippen LogP contribution < -0.4 is 9.47 Å². The number of pyridine rings is 2. The summed E-state index contributed by atoms with van der Waals surface area (Å²) in [5.74, 6) is 0.882. The molecule has 3 rings (SSSR count). The van der Waals surface area contributed by atoms with Crippen molar-refractivity contribution in [2.45, 2.75) is 0 Å². The Kier molecular flexibility index (Phi) is 4.39. The van der Waals surface area contributed by atoms with Crippen LogP contribution in [-0.4, -0.2) is 17.1 Å². The van der Waals surface area contributed by atoms with E-state index in [1.165, 1.54) is 25.4 Å². The van der Waals surface area contributed by atoms with Gasteiger partial charge in [-0.05, 0) is 36.4 Å². The predicted octanol–water partition coefficient (Wildman–Crippen LogP) is 4.74. The molecule has 23 heavy (non-hydrogen) atoms. The maximum absolute atomic E-state index is 13.4. The second-order valence-electron chi connectivity index (χ2n) is 4.62. The zero-order valence-corrected chi connectivity index (χ0v) is 12.9. The predicted molar refractivity (Wildman–Crippen MR) is 85.5 cm³/mol. The lowest BCUT2D eigenvalue weighted by atomic mass is 10.1. The summed E-state index contributed by atoms with van der Waals surface area (Å²) in [5.41, 5.74) is 1.36. The van der Waals surface area contributed by atoms with Crippen molar-refractivity contribution in [2.24, 2.45) is 0 Å². The number of halogens is 2. The quantitative estimate of drug-likeness (QED) is 0.648. The summed E-state index contributed by atoms with van der Waals surface area (Å²) in [6.07, 6.45) is 3.11. The van der Waals surface area contributed by atoms with E-state index in [1.807, 2.05) is 6.07 Å². The maximum atomic E-state index is 13.4. The minimum Gasteiger partial charge on any atom is -0.496 e. The number of rotatable bonds is 4. The van der Waals surface area contributed by atoms with Crippen molar-refractivity contribution in [1.82, 2.24) is 9.97 Å². The molecule has 0 atom stereocenters. The molecule has 0 bridgehead atoms. The lowest BCUT2D eigenvalue weighted by Crippen LogP contribution is -1.94. The highest BCUT2D eigenvalue weighted by Crippen LogP contribution is 2.37. The number of aromatic nitrogens is 2. The van der Waals surface area contributed by atoms with E-state index < -0.39 is 0 Å². The van der Waals surface area contributed by atoms with Gasteiger partial charge in [0.1, 0.15) is 22.5 Å². The summed E-state index contributed by atoms with van der Waals surface area (Å²) in [4.78, 5) is 8.20. The number of benzene rings is 1. The fourth-order valence-corrected chi connectivity index (χ4v) is 2.21. The number of ether oxygens (including phenoxy) is 2. The molecule has 0 fully saturated rings. The Balaban J connectivity index is 2.03. The second kappa shape index (κ2) is 6.62. The topological polar surface area (TPSA) is 44.2 Å². The average molecular weight is 331 g/mol. The van der Waals surface area contributed by atoms with Crippen LogP contribution >= 0.6 is 11.6 Å². The Hall–Kier alpha value is -2.66. The molecule has 1 aromatic carbocycles. The summed E-state index contributed by atoms with van der Waals surface area (Å²) in [6, 6.07) is 11.2. The number of hydrogen-bond acceptors (Lipinski definition) is 4. The SMILES string of the molecule is COc1cc(F)ccc1-c1cccnc1Oc1ccc(Cl)nc1. The van der Waals surface area contributed by atoms with Gasteiger partial charge in [0.15, 0.2) is 0 Å². The largest absolute Gasteiger partial charge is 0.496 e. The van der Waals surface area contributed by atoms with Crippen molar-refractivity contribution in [2.75, 3.05) is 7.11 Å². The second-order valence-corrected chi connectivity index (χ2v) is 5.01. The van der Waals surface area contributed by atoms with E-state index in [0.717, 1.165) is 0 Å². The highest BCUT2D eigenvalue weighted by atomic mass is 35.5. The molecule has 0 unspecified atom stereocenters. The molecule has 4 nitrogen and oxygen atoms in total. The molecule has 0 aliphatic rings. The van der Waals surface area contributed by atoms with E-state index in [1.54, 1.807) is 30.5 Å². The van der Waals surface area contributed by atoms with Crippen molar-refractivity contribution >= 4 is 11.6 Å². The number of hydrogen-bond donors (Lipinski definition) is 0. The first-order valence-corrected chi connectivity index (χ1v) is 7.13. The lowest BCUT2D eigenvalue weighted by Gasteiger charge is -2.12. The molecular weight excluding hydrogens is 319 g/mol. The van der Waals surface area contributed by atoms with Gasteiger partial charge in [-0.15, -0.1) is 0 Å². The van der Waals surface area contributed by atoms with Gasteiger partial charge in [0.25, 0.3) is 0 Å². The van der Waals surface area contributed by atoms with E-state index in [-0.39, 0.29) is 5.82 Å². The van der Waals surface area contributed by atoms with Crippen LogP contribution in [0, 0.1) is 5.82 Å². The van der Waals surface area contributed by atoms with Crippen molar-refractivity contribution in [3.05, 3.63) is 65.8 Å². The Morgan fingerprint density at radius 1 is 1.04 bits per heavy atom. The molecule has 0 saturated heterocycles. The molecule has 2 heterocycles. The van der Waals surface area contributed by atoms with Crippen molar-refractivity contribution in [3.63, 3.8) is 0 Å². The molecule has 0 N–H and O–H groups in total. The van der Waals surface area contributed by atoms with Gasteiger partial charge in [0.2, 0.25) is 5.88 Å². The molecule has 116 valence electrons. The van der Waals surface area contributed by atoms with Gasteiger partial charge in [-0.25, -0.2) is 14.4 Å². The Morgan fingerprint density at radius 3 is 2.65 bits per heavy atom. The minimum absolute atomic E-state index is 0.363. The first-order chi connectivity index (χ1) is 11.2. The molecule has 0 amide bonds. The van der Waals surface area contributed by atoms with Crippen molar-refractivity contribution < 1.29 is 13.9 Å². The van der Waals surface area contributed by atoms with E-state index in [0.29, 0.717) is 33.7 Å². The molecule has 6 heteroatoms. The minimum atomic E-state index is -0.376. The van der Waals surface area contributed by atoms with Crippen LogP contribution in [0.15, 0.2) is 54.9 Å². The summed E-state index contributed by atoms with van der Waals surface area (Å²) >= 11 is 5.76. The molecule has 0 saturated carbocycles. The third-order valence-electron chi connectivity index (χ3n) is 3.14. The highest BCUT2D eigenvalue weighted by Gasteiger charge is 2.14. The Bertz CT molecular complexity index is 825. The van der Waals surface area contributed by atoms with Crippen LogP contribution in [0.3, 0.4) is 0 Å². The summed E-state index contributed by atoms with van der Waals surface area (Å²) < 4.78 is 24.4. The third-order valence-corrected chi connectivity index (χ3v) is 3.36. The monoisotopic (exact) mass is 330 g/mol. The molecule has 0 radical (unpaired) electrons. The van der Waals surface area contributed by atoms with Crippen LogP contribution in [-0.2, 0) is 0 Å². The summed E-state index contributed by atoms with van der Waals surface area (Å²) in [5, 5.41) is 0.374. The summed E-state index contributed by atoms with van der Waals surface area (Å²) in [6.45, 7) is 0. The Labute approximate surface area is 137 Å². The van der Waals surface area contributed by atoms with Crippen LogP contribution in [0.5, 0.6) is 17.4 Å². The van der Waals surface area contributed by atoms with Crippen molar-refractivity contribution in [3.8, 4) is 28.5 Å². The van der Waals surface area contributed by atoms with Gasteiger partial charge in [-0.1, -0.05) is 11.6 Å². The first-order valence-electron chi connectivity index (χ1n) is 6.75. The molecule has 0 aliphatic heterocycles. The molecule has 0 spiro atoms. The van der Waals surface area contributed by atoms with Gasteiger partial charge in [-0.3, -0.25) is 0 Å². The summed E-state index contributed by atoms with van der Waals surface area (Å²) in [7, 11) is 1.48. The highest BCUT2D eigenvalue weighted by molar-refractivity contribution is 6.29. The van der Waals surface area contributed by atoms with Gasteiger partial charge in [0.05, 0.1) is 13.3 Å². The molecule has 2 aromatic heterocycles. The molecule has 3 aromatic rings. The zero-order valence-electron chi connectivity index (χ0n) is 12.2. The zero-order chi connectivity index (χ0) is 16.2. The van der Waals surface area contributed by atoms with Gasteiger partial charge in [0, 0.05) is 23.4 Å². The van der Waals surface area contributed by atoms with Crippen LogP contribution in [0.1, 0.15) is 0 Å². The molecule has 0 aliphatic carbocycles. The first kappa shape index (κ1) is 15.2. The maximum Gasteiger partial charge on any atom is 0.227 e. The van der Waals surface area contributed by atoms with Gasteiger partial charge < -0.3 is 9.47 Å². The van der Waals surface area contributed by atoms with Crippen LogP contribution in [0.2, 0.25) is 5.15 Å². The molecular formula is C17H12ClFN2O2. The van der Waals surface area contributed by atoms with E-state index in [9.17, 15) is 4.39 Å². The third kappa shape index (κ3) is 3.40. The van der Waals surface area contributed by atoms with Crippen molar-refractivity contribution in [1.29, 1.82) is 0 Å². The standard InChI is InChI=1S/C17H12ClFN2O2/c1-22-15-9-11(19)4-6-13(15)14-3-2-8-20-17(14)23-12-5-7-16(18)21-10-12/h2-10H,1H3. The number of nitrogens with zero attached hydrogens (tertiary/aromatic N) is 2. The van der Waals surface area contributed by atoms with E-state index >= 15 is 0 Å². The van der Waals surface area contributed by atoms with Crippen LogP contribution in [0.25, 0.3) is 11.1 Å². The fraction of sp³-hybridized carbons (Fsp3) is 0.0588. The smallest absolute Gasteiger partial charge is 0.227 e.